The molecule has 1 aliphatic rings. The monoisotopic (exact) mass is 316 g/mol. The van der Waals surface area contributed by atoms with E-state index >= 15 is 0 Å². The first-order chi connectivity index (χ1) is 10.7. The first kappa shape index (κ1) is 15.0. The van der Waals surface area contributed by atoms with Gasteiger partial charge in [0.1, 0.15) is 5.75 Å². The van der Waals surface area contributed by atoms with Crippen molar-refractivity contribution in [3.8, 4) is 5.75 Å². The predicted molar refractivity (Wildman–Crippen MR) is 88.7 cm³/mol. The van der Waals surface area contributed by atoms with Gasteiger partial charge in [-0.05, 0) is 55.9 Å². The minimum atomic E-state index is -0.497. The Balaban J connectivity index is 1.67. The molecule has 5 heteroatoms. The minimum Gasteiger partial charge on any atom is -0.481 e. The molecular weight excluding hydrogens is 296 g/mol. The summed E-state index contributed by atoms with van der Waals surface area (Å²) in [6.45, 7) is 3.91. The number of nitrogens with one attached hydrogen (secondary N) is 1. The molecule has 0 spiro atoms. The molecule has 1 aromatic carbocycles. The molecule has 0 bridgehead atoms. The van der Waals surface area contributed by atoms with Gasteiger partial charge in [-0.25, -0.2) is 4.98 Å². The van der Waals surface area contributed by atoms with Gasteiger partial charge >= 0.3 is 0 Å². The third kappa shape index (κ3) is 3.30. The normalized spacial score (nSPS) is 14.5. The molecule has 4 nitrogen and oxygen atoms in total. The molecule has 1 aliphatic carbocycles. The van der Waals surface area contributed by atoms with Crippen LogP contribution in [0.15, 0.2) is 24.4 Å². The number of benzene rings is 1. The summed E-state index contributed by atoms with van der Waals surface area (Å²) in [7, 11) is 0. The van der Waals surface area contributed by atoms with Crippen molar-refractivity contribution in [1.29, 1.82) is 0 Å². The Labute approximate surface area is 134 Å². The highest BCUT2D eigenvalue weighted by atomic mass is 32.1. The Bertz CT molecular complexity index is 681. The lowest BCUT2D eigenvalue weighted by Crippen LogP contribution is -2.32. The number of carbonyl (C=O) groups excluding carboxylic acids is 1. The van der Waals surface area contributed by atoms with E-state index in [4.69, 9.17) is 4.74 Å². The Hall–Kier alpha value is -1.88. The Morgan fingerprint density at radius 3 is 2.95 bits per heavy atom. The van der Waals surface area contributed by atoms with Crippen LogP contribution in [0.5, 0.6) is 5.75 Å². The van der Waals surface area contributed by atoms with Crippen molar-refractivity contribution in [2.24, 2.45) is 0 Å². The second-order valence-electron chi connectivity index (χ2n) is 5.56. The topological polar surface area (TPSA) is 51.2 Å². The number of nitrogens with zero attached hydrogens (tertiary/aromatic N) is 1. The molecule has 22 heavy (non-hydrogen) atoms. The quantitative estimate of drug-likeness (QED) is 0.914. The number of rotatable bonds is 5. The van der Waals surface area contributed by atoms with E-state index in [0.717, 1.165) is 23.5 Å². The number of carbonyl (C=O) groups is 1. The van der Waals surface area contributed by atoms with Gasteiger partial charge in [0.15, 0.2) is 11.2 Å². The number of thiazole rings is 1. The maximum Gasteiger partial charge on any atom is 0.267 e. The van der Waals surface area contributed by atoms with Gasteiger partial charge in [0.25, 0.3) is 5.91 Å². The van der Waals surface area contributed by atoms with Crippen LogP contribution in [-0.4, -0.2) is 17.0 Å². The van der Waals surface area contributed by atoms with Gasteiger partial charge in [0.2, 0.25) is 0 Å². The molecule has 0 aliphatic heterocycles. The average Bonchev–Trinajstić information content (AvgIpc) is 3.12. The summed E-state index contributed by atoms with van der Waals surface area (Å²) in [5.74, 6) is 0.635. The molecule has 0 saturated carbocycles. The van der Waals surface area contributed by atoms with Crippen molar-refractivity contribution in [1.82, 2.24) is 4.98 Å². The summed E-state index contributed by atoms with van der Waals surface area (Å²) < 4.78 is 5.89. The van der Waals surface area contributed by atoms with Gasteiger partial charge in [-0.2, -0.15) is 0 Å². The van der Waals surface area contributed by atoms with Gasteiger partial charge in [-0.15, -0.1) is 11.3 Å². The van der Waals surface area contributed by atoms with Crippen LogP contribution in [0.2, 0.25) is 0 Å². The molecule has 1 aromatic heterocycles. The molecule has 1 heterocycles. The van der Waals surface area contributed by atoms with Gasteiger partial charge in [-0.3, -0.25) is 10.1 Å². The highest BCUT2D eigenvalue weighted by Crippen LogP contribution is 2.27. The first-order valence-corrected chi connectivity index (χ1v) is 8.49. The average molecular weight is 316 g/mol. The maximum atomic E-state index is 12.3. The van der Waals surface area contributed by atoms with E-state index in [1.807, 2.05) is 19.9 Å². The van der Waals surface area contributed by atoms with Crippen LogP contribution in [0.4, 0.5) is 5.13 Å². The van der Waals surface area contributed by atoms with E-state index in [0.29, 0.717) is 11.6 Å². The molecule has 1 amide bonds. The van der Waals surface area contributed by atoms with Gasteiger partial charge < -0.3 is 4.74 Å². The zero-order chi connectivity index (χ0) is 15.5. The maximum absolute atomic E-state index is 12.3. The number of fused-ring (bicyclic) bond motifs is 1. The Morgan fingerprint density at radius 2 is 2.23 bits per heavy atom. The smallest absolute Gasteiger partial charge is 0.267 e. The van der Waals surface area contributed by atoms with Crippen LogP contribution in [0.1, 0.15) is 35.8 Å². The van der Waals surface area contributed by atoms with E-state index in [1.165, 1.54) is 28.9 Å². The molecule has 1 atom stereocenters. The predicted octanol–water partition coefficient (Wildman–Crippen LogP) is 3.74. The van der Waals surface area contributed by atoms with Crippen molar-refractivity contribution in [2.75, 3.05) is 5.32 Å². The number of hydrogen-bond acceptors (Lipinski definition) is 4. The minimum absolute atomic E-state index is 0.141. The number of anilines is 1. The summed E-state index contributed by atoms with van der Waals surface area (Å²) in [6.07, 6.45) is 5.34. The van der Waals surface area contributed by atoms with Crippen LogP contribution >= 0.6 is 11.3 Å². The molecule has 116 valence electrons. The third-order valence-electron chi connectivity index (χ3n) is 3.86. The van der Waals surface area contributed by atoms with Crippen molar-refractivity contribution in [3.05, 3.63) is 40.4 Å². The zero-order valence-corrected chi connectivity index (χ0v) is 13.7. The number of amides is 1. The lowest BCUT2D eigenvalue weighted by Gasteiger charge is -2.17. The fourth-order valence-corrected chi connectivity index (χ4v) is 3.37. The van der Waals surface area contributed by atoms with Crippen molar-refractivity contribution in [3.63, 3.8) is 0 Å². The van der Waals surface area contributed by atoms with Crippen LogP contribution < -0.4 is 10.1 Å². The molecule has 0 radical (unpaired) electrons. The van der Waals surface area contributed by atoms with E-state index < -0.39 is 6.10 Å². The summed E-state index contributed by atoms with van der Waals surface area (Å²) in [5, 5.41) is 3.45. The summed E-state index contributed by atoms with van der Waals surface area (Å²) in [4.78, 5) is 17.6. The van der Waals surface area contributed by atoms with Crippen molar-refractivity contribution in [2.45, 2.75) is 45.6 Å². The molecular formula is C17H20N2O2S. The fourth-order valence-electron chi connectivity index (χ4n) is 2.71. The summed E-state index contributed by atoms with van der Waals surface area (Å²) >= 11 is 1.47. The highest BCUT2D eigenvalue weighted by molar-refractivity contribution is 7.15. The number of hydrogen-bond donors (Lipinski definition) is 1. The summed E-state index contributed by atoms with van der Waals surface area (Å²) in [5.41, 5.74) is 2.76. The number of aromatic nitrogens is 1. The fraction of sp³-hybridized carbons (Fsp3) is 0.412. The van der Waals surface area contributed by atoms with Crippen molar-refractivity contribution < 1.29 is 9.53 Å². The van der Waals surface area contributed by atoms with Gasteiger partial charge in [-0.1, -0.05) is 13.0 Å². The molecule has 0 fully saturated rings. The largest absolute Gasteiger partial charge is 0.481 e. The summed E-state index contributed by atoms with van der Waals surface area (Å²) in [6, 6.07) is 6.16. The SMILES string of the molecule is CC[C@@H](Oc1ccc2c(c1)CCC2)C(=O)Nc1ncc(C)s1. The van der Waals surface area contributed by atoms with Gasteiger partial charge in [0.05, 0.1) is 0 Å². The Kier molecular flexibility index (Phi) is 4.43. The second-order valence-corrected chi connectivity index (χ2v) is 6.80. The lowest BCUT2D eigenvalue weighted by atomic mass is 10.1. The van der Waals surface area contributed by atoms with E-state index in [9.17, 15) is 4.79 Å². The van der Waals surface area contributed by atoms with E-state index in [-0.39, 0.29) is 5.91 Å². The van der Waals surface area contributed by atoms with Crippen LogP contribution in [0.3, 0.4) is 0 Å². The van der Waals surface area contributed by atoms with E-state index in [2.05, 4.69) is 22.4 Å². The van der Waals surface area contributed by atoms with Crippen molar-refractivity contribution >= 4 is 22.4 Å². The number of ether oxygens (including phenoxy) is 1. The van der Waals surface area contributed by atoms with Crippen LogP contribution in [0.25, 0.3) is 0 Å². The third-order valence-corrected chi connectivity index (χ3v) is 4.69. The molecule has 0 unspecified atom stereocenters. The zero-order valence-electron chi connectivity index (χ0n) is 12.9. The van der Waals surface area contributed by atoms with E-state index in [1.54, 1.807) is 6.20 Å². The standard InChI is InChI=1S/C17H20N2O2S/c1-3-15(16(20)19-17-18-10-11(2)22-17)21-14-8-7-12-5-4-6-13(12)9-14/h7-10,15H,3-6H2,1-2H3,(H,18,19,20)/t15-/m1/s1. The lowest BCUT2D eigenvalue weighted by molar-refractivity contribution is -0.122. The molecule has 3 rings (SSSR count). The molecule has 1 N–H and O–H groups in total. The van der Waals surface area contributed by atoms with Crippen LogP contribution in [-0.2, 0) is 17.6 Å². The Morgan fingerprint density at radius 1 is 1.41 bits per heavy atom. The first-order valence-electron chi connectivity index (χ1n) is 7.67. The molecule has 2 aromatic rings. The van der Waals surface area contributed by atoms with Gasteiger partial charge in [0, 0.05) is 11.1 Å². The highest BCUT2D eigenvalue weighted by Gasteiger charge is 2.20. The number of aryl methyl sites for hydroxylation is 3. The van der Waals surface area contributed by atoms with Crippen LogP contribution in [0, 0.1) is 6.92 Å². The molecule has 0 saturated heterocycles. The second kappa shape index (κ2) is 6.48.